The van der Waals surface area contributed by atoms with E-state index in [1.54, 1.807) is 24.3 Å². The first-order valence-electron chi connectivity index (χ1n) is 9.48. The van der Waals surface area contributed by atoms with Gasteiger partial charge >= 0.3 is 0 Å². The number of anilines is 1. The molecule has 5 nitrogen and oxygen atoms in total. The molecule has 150 valence electrons. The Labute approximate surface area is 175 Å². The van der Waals surface area contributed by atoms with Gasteiger partial charge in [-0.15, -0.1) is 0 Å². The van der Waals surface area contributed by atoms with Gasteiger partial charge in [-0.3, -0.25) is 4.79 Å². The quantitative estimate of drug-likeness (QED) is 0.714. The number of nitrogens with zero attached hydrogens (tertiary/aromatic N) is 1. The summed E-state index contributed by atoms with van der Waals surface area (Å²) >= 11 is 3.32. The Morgan fingerprint density at radius 3 is 2.61 bits per heavy atom. The Hall–Kier alpha value is -1.70. The third-order valence-electron chi connectivity index (χ3n) is 5.19. The monoisotopic (exact) mass is 464 g/mol. The van der Waals surface area contributed by atoms with Crippen molar-refractivity contribution in [1.29, 1.82) is 0 Å². The molecular formula is C21H25BrN2O3S. The highest BCUT2D eigenvalue weighted by atomic mass is 79.9. The van der Waals surface area contributed by atoms with Crippen LogP contribution < -0.4 is 5.32 Å². The summed E-state index contributed by atoms with van der Waals surface area (Å²) < 4.78 is 28.2. The molecule has 1 fully saturated rings. The number of hydrogen-bond donors (Lipinski definition) is 1. The maximum Gasteiger partial charge on any atom is 0.243 e. The lowest BCUT2D eigenvalue weighted by Gasteiger charge is -2.31. The molecule has 1 heterocycles. The van der Waals surface area contributed by atoms with E-state index < -0.39 is 10.0 Å². The molecule has 0 unspecified atom stereocenters. The number of para-hydroxylation sites is 1. The SMILES string of the molecule is CCc1cccc(C)c1NC(=O)[C@@H]1CCCN(S(=O)(=O)c2ccc(Br)cc2)C1. The van der Waals surface area contributed by atoms with E-state index in [1.165, 1.54) is 4.31 Å². The molecule has 3 rings (SSSR count). The minimum atomic E-state index is -3.61. The number of carbonyl (C=O) groups is 1. The molecule has 1 atom stereocenters. The zero-order valence-electron chi connectivity index (χ0n) is 16.1. The lowest BCUT2D eigenvalue weighted by molar-refractivity contribution is -0.120. The van der Waals surface area contributed by atoms with E-state index in [0.29, 0.717) is 19.4 Å². The molecule has 1 aliphatic heterocycles. The first kappa shape index (κ1) is 21.0. The normalized spacial score (nSPS) is 18.0. The minimum absolute atomic E-state index is 0.111. The van der Waals surface area contributed by atoms with Crippen LogP contribution in [-0.4, -0.2) is 31.7 Å². The van der Waals surface area contributed by atoms with Crippen LogP contribution in [0.25, 0.3) is 0 Å². The zero-order chi connectivity index (χ0) is 20.3. The summed E-state index contributed by atoms with van der Waals surface area (Å²) in [5.41, 5.74) is 2.95. The predicted octanol–water partition coefficient (Wildman–Crippen LogP) is 4.36. The van der Waals surface area contributed by atoms with E-state index in [2.05, 4.69) is 28.2 Å². The van der Waals surface area contributed by atoms with Crippen LogP contribution >= 0.6 is 15.9 Å². The summed E-state index contributed by atoms with van der Waals surface area (Å²) in [5.74, 6) is -0.469. The molecule has 0 aromatic heterocycles. The fraction of sp³-hybridized carbons (Fsp3) is 0.381. The van der Waals surface area contributed by atoms with Gasteiger partial charge in [-0.25, -0.2) is 8.42 Å². The summed E-state index contributed by atoms with van der Waals surface area (Å²) in [5, 5.41) is 3.05. The minimum Gasteiger partial charge on any atom is -0.325 e. The topological polar surface area (TPSA) is 66.5 Å². The van der Waals surface area contributed by atoms with Crippen LogP contribution in [0.5, 0.6) is 0 Å². The maximum atomic E-state index is 13.0. The van der Waals surface area contributed by atoms with Gasteiger partial charge in [0.05, 0.1) is 10.8 Å². The van der Waals surface area contributed by atoms with Crippen molar-refractivity contribution in [2.45, 2.75) is 38.0 Å². The van der Waals surface area contributed by atoms with Crippen molar-refractivity contribution in [3.05, 3.63) is 58.1 Å². The second kappa shape index (κ2) is 8.76. The first-order valence-corrected chi connectivity index (χ1v) is 11.7. The Balaban J connectivity index is 1.76. The van der Waals surface area contributed by atoms with Gasteiger partial charge in [0.25, 0.3) is 0 Å². The Morgan fingerprint density at radius 1 is 1.21 bits per heavy atom. The van der Waals surface area contributed by atoms with Gasteiger partial charge in [0.1, 0.15) is 0 Å². The van der Waals surface area contributed by atoms with Crippen LogP contribution in [0.15, 0.2) is 51.8 Å². The number of piperidine rings is 1. The summed E-state index contributed by atoms with van der Waals surface area (Å²) in [6.45, 7) is 4.67. The largest absolute Gasteiger partial charge is 0.325 e. The Bertz CT molecular complexity index is 958. The number of halogens is 1. The van der Waals surface area contributed by atoms with Crippen molar-refractivity contribution in [3.8, 4) is 0 Å². The number of aryl methyl sites for hydroxylation is 2. The molecular weight excluding hydrogens is 440 g/mol. The summed E-state index contributed by atoms with van der Waals surface area (Å²) in [4.78, 5) is 13.2. The van der Waals surface area contributed by atoms with Crippen molar-refractivity contribution < 1.29 is 13.2 Å². The lowest BCUT2D eigenvalue weighted by Crippen LogP contribution is -2.43. The molecule has 1 aliphatic rings. The molecule has 0 bridgehead atoms. The van der Waals surface area contributed by atoms with Gasteiger partial charge in [-0.05, 0) is 61.6 Å². The Morgan fingerprint density at radius 2 is 1.93 bits per heavy atom. The van der Waals surface area contributed by atoms with Crippen molar-refractivity contribution in [1.82, 2.24) is 4.31 Å². The number of sulfonamides is 1. The fourth-order valence-corrected chi connectivity index (χ4v) is 5.35. The highest BCUT2D eigenvalue weighted by Crippen LogP contribution is 2.27. The number of carbonyl (C=O) groups excluding carboxylic acids is 1. The van der Waals surface area contributed by atoms with E-state index in [-0.39, 0.29) is 23.3 Å². The smallest absolute Gasteiger partial charge is 0.243 e. The fourth-order valence-electron chi connectivity index (χ4n) is 3.56. The second-order valence-corrected chi connectivity index (χ2v) is 9.96. The van der Waals surface area contributed by atoms with E-state index in [0.717, 1.165) is 27.7 Å². The lowest BCUT2D eigenvalue weighted by atomic mass is 9.98. The third-order valence-corrected chi connectivity index (χ3v) is 7.60. The van der Waals surface area contributed by atoms with Gasteiger partial charge < -0.3 is 5.32 Å². The zero-order valence-corrected chi connectivity index (χ0v) is 18.5. The predicted molar refractivity (Wildman–Crippen MR) is 115 cm³/mol. The average Bonchev–Trinajstić information content (AvgIpc) is 2.70. The second-order valence-electron chi connectivity index (χ2n) is 7.11. The van der Waals surface area contributed by atoms with Crippen molar-refractivity contribution in [2.75, 3.05) is 18.4 Å². The number of benzene rings is 2. The molecule has 1 amide bonds. The van der Waals surface area contributed by atoms with Gasteiger partial charge in [0.2, 0.25) is 15.9 Å². The number of amides is 1. The standard InChI is InChI=1S/C21H25BrN2O3S/c1-3-16-7-4-6-15(2)20(16)23-21(25)17-8-5-13-24(14-17)28(26,27)19-11-9-18(22)10-12-19/h4,6-7,9-12,17H,3,5,8,13-14H2,1-2H3,(H,23,25)/t17-/m1/s1. The Kier molecular flexibility index (Phi) is 6.58. The van der Waals surface area contributed by atoms with Gasteiger partial charge in [0.15, 0.2) is 0 Å². The highest BCUT2D eigenvalue weighted by Gasteiger charge is 2.33. The van der Waals surface area contributed by atoms with Crippen LogP contribution in [0, 0.1) is 12.8 Å². The van der Waals surface area contributed by atoms with Crippen LogP contribution in [0.2, 0.25) is 0 Å². The number of rotatable bonds is 5. The van der Waals surface area contributed by atoms with Crippen LogP contribution in [-0.2, 0) is 21.2 Å². The average molecular weight is 465 g/mol. The van der Waals surface area contributed by atoms with Crippen LogP contribution in [0.1, 0.15) is 30.9 Å². The van der Waals surface area contributed by atoms with Crippen LogP contribution in [0.3, 0.4) is 0 Å². The first-order chi connectivity index (χ1) is 13.3. The molecule has 0 radical (unpaired) electrons. The van der Waals surface area contributed by atoms with E-state index in [9.17, 15) is 13.2 Å². The van der Waals surface area contributed by atoms with E-state index >= 15 is 0 Å². The van der Waals surface area contributed by atoms with Gasteiger partial charge in [0, 0.05) is 23.2 Å². The van der Waals surface area contributed by atoms with Crippen molar-refractivity contribution >= 4 is 37.5 Å². The summed E-state index contributed by atoms with van der Waals surface area (Å²) in [6, 6.07) is 12.6. The molecule has 28 heavy (non-hydrogen) atoms. The van der Waals surface area contributed by atoms with E-state index in [1.807, 2.05) is 25.1 Å². The third kappa shape index (κ3) is 4.47. The molecule has 0 spiro atoms. The van der Waals surface area contributed by atoms with Crippen LogP contribution in [0.4, 0.5) is 5.69 Å². The number of nitrogens with one attached hydrogen (secondary N) is 1. The van der Waals surface area contributed by atoms with Gasteiger partial charge in [-0.2, -0.15) is 4.31 Å². The van der Waals surface area contributed by atoms with E-state index in [4.69, 9.17) is 0 Å². The molecule has 7 heteroatoms. The molecule has 2 aromatic rings. The van der Waals surface area contributed by atoms with Crippen molar-refractivity contribution in [3.63, 3.8) is 0 Å². The van der Waals surface area contributed by atoms with Crippen molar-refractivity contribution in [2.24, 2.45) is 5.92 Å². The van der Waals surface area contributed by atoms with Gasteiger partial charge in [-0.1, -0.05) is 41.1 Å². The highest BCUT2D eigenvalue weighted by molar-refractivity contribution is 9.10. The molecule has 0 saturated carbocycles. The number of hydrogen-bond acceptors (Lipinski definition) is 3. The summed E-state index contributed by atoms with van der Waals surface area (Å²) in [7, 11) is -3.61. The molecule has 2 aromatic carbocycles. The molecule has 1 N–H and O–H groups in total. The maximum absolute atomic E-state index is 13.0. The molecule has 0 aliphatic carbocycles. The summed E-state index contributed by atoms with van der Waals surface area (Å²) in [6.07, 6.45) is 2.18. The molecule has 1 saturated heterocycles.